The van der Waals surface area contributed by atoms with Crippen LogP contribution >= 0.6 is 0 Å². The molecule has 0 aromatic rings. The van der Waals surface area contributed by atoms with E-state index in [1.54, 1.807) is 13.0 Å². The first kappa shape index (κ1) is 37.3. The molecular formula is C36H57N3O8. The second kappa shape index (κ2) is 16.7. The number of epoxide rings is 1. The van der Waals surface area contributed by atoms with E-state index >= 15 is 0 Å². The monoisotopic (exact) mass is 659 g/mol. The van der Waals surface area contributed by atoms with Crippen molar-refractivity contribution in [3.05, 3.63) is 36.0 Å². The van der Waals surface area contributed by atoms with Crippen LogP contribution in [0.15, 0.2) is 36.0 Å². The van der Waals surface area contributed by atoms with E-state index in [9.17, 15) is 19.5 Å². The lowest BCUT2D eigenvalue weighted by molar-refractivity contribution is -0.146. The van der Waals surface area contributed by atoms with Gasteiger partial charge in [-0.25, -0.2) is 0 Å². The molecule has 4 rings (SSSR count). The van der Waals surface area contributed by atoms with Crippen molar-refractivity contribution in [2.75, 3.05) is 20.7 Å². The van der Waals surface area contributed by atoms with Crippen molar-refractivity contribution in [3.8, 4) is 0 Å². The van der Waals surface area contributed by atoms with Gasteiger partial charge < -0.3 is 39.6 Å². The standard InChI is InChI=1S/C36H57N3O8/c1-22(8-15-31-23(2)18-30(25(4)46-31)38-33(41)17-10-24(3)45-26(5)40)9-16-32-35(43)36(21-44-36)20-29(47-32)19-34(42)37-27-11-13-28(14-12-27)39(6)7/h8-10,16-17,23-25,27-32,35,43H,11-15,18-21H2,1-7H3,(H,37,42)(H,38,41)/b16-9+,17-10-,22-8+/t23-,24?,25+,27-,28-,29+,30+,31-,32+,35+,36+/m0/s1. The van der Waals surface area contributed by atoms with Crippen LogP contribution in [0.3, 0.4) is 0 Å². The summed E-state index contributed by atoms with van der Waals surface area (Å²) in [5.41, 5.74) is 0.384. The predicted octanol–water partition coefficient (Wildman–Crippen LogP) is 3.35. The van der Waals surface area contributed by atoms with Crippen LogP contribution in [0.4, 0.5) is 0 Å². The van der Waals surface area contributed by atoms with Gasteiger partial charge in [-0.2, -0.15) is 0 Å². The highest BCUT2D eigenvalue weighted by molar-refractivity contribution is 5.87. The Balaban J connectivity index is 1.24. The molecule has 0 bridgehead atoms. The highest BCUT2D eigenvalue weighted by Gasteiger charge is 2.58. The van der Waals surface area contributed by atoms with E-state index in [2.05, 4.69) is 42.6 Å². The minimum absolute atomic E-state index is 0.00140. The minimum Gasteiger partial charge on any atom is -0.459 e. The summed E-state index contributed by atoms with van der Waals surface area (Å²) in [5, 5.41) is 17.3. The molecule has 3 N–H and O–H groups in total. The zero-order valence-corrected chi connectivity index (χ0v) is 29.3. The lowest BCUT2D eigenvalue weighted by Crippen LogP contribution is -2.51. The second-order valence-corrected chi connectivity index (χ2v) is 14.4. The summed E-state index contributed by atoms with van der Waals surface area (Å²) >= 11 is 0. The number of aliphatic hydroxyl groups is 1. The molecule has 47 heavy (non-hydrogen) atoms. The quantitative estimate of drug-likeness (QED) is 0.125. The largest absolute Gasteiger partial charge is 0.459 e. The molecule has 0 radical (unpaired) electrons. The van der Waals surface area contributed by atoms with Crippen molar-refractivity contribution in [3.63, 3.8) is 0 Å². The SMILES string of the molecule is CC(=O)OC(C)/C=C\C(=O)N[C@@H]1C[C@H](C)[C@H](C/C=C(C)/C=C/[C@H]2O[C@H](CC(=O)N[C@H]3CC[C@H](N(C)C)CC3)C[C@@]3(CO3)[C@@H]2O)O[C@@H]1C. The van der Waals surface area contributed by atoms with Crippen LogP contribution in [0.5, 0.6) is 0 Å². The fourth-order valence-corrected chi connectivity index (χ4v) is 7.12. The van der Waals surface area contributed by atoms with Gasteiger partial charge in [-0.15, -0.1) is 0 Å². The van der Waals surface area contributed by atoms with Crippen molar-refractivity contribution in [1.29, 1.82) is 0 Å². The van der Waals surface area contributed by atoms with Gasteiger partial charge in [0, 0.05) is 31.5 Å². The summed E-state index contributed by atoms with van der Waals surface area (Å²) in [6.45, 7) is 9.61. The first-order valence-corrected chi connectivity index (χ1v) is 17.3. The number of ether oxygens (including phenoxy) is 4. The molecule has 3 aliphatic heterocycles. The van der Waals surface area contributed by atoms with Gasteiger partial charge in [-0.3, -0.25) is 14.4 Å². The molecule has 4 fully saturated rings. The number of nitrogens with one attached hydrogen (secondary N) is 2. The number of amides is 2. The first-order valence-electron chi connectivity index (χ1n) is 17.3. The van der Waals surface area contributed by atoms with Crippen LogP contribution in [0.2, 0.25) is 0 Å². The maximum absolute atomic E-state index is 12.9. The van der Waals surface area contributed by atoms with Crippen LogP contribution in [-0.4, -0.2) is 109 Å². The van der Waals surface area contributed by atoms with E-state index in [-0.39, 0.29) is 54.5 Å². The average Bonchev–Trinajstić information content (AvgIpc) is 3.77. The lowest BCUT2D eigenvalue weighted by atomic mass is 9.87. The highest BCUT2D eigenvalue weighted by atomic mass is 16.6. The number of hydrogen-bond donors (Lipinski definition) is 3. The van der Waals surface area contributed by atoms with Crippen molar-refractivity contribution in [1.82, 2.24) is 15.5 Å². The molecule has 1 spiro atoms. The summed E-state index contributed by atoms with van der Waals surface area (Å²) in [6, 6.07) is 0.663. The molecule has 9 atom stereocenters. The fourth-order valence-electron chi connectivity index (χ4n) is 7.12. The third-order valence-electron chi connectivity index (χ3n) is 10.1. The van der Waals surface area contributed by atoms with Gasteiger partial charge in [-0.05, 0) is 85.4 Å². The number of allylic oxidation sites excluding steroid dienone is 2. The molecule has 11 heteroatoms. The summed E-state index contributed by atoms with van der Waals surface area (Å²) < 4.78 is 23.3. The van der Waals surface area contributed by atoms with E-state index < -0.39 is 29.9 Å². The number of carbonyl (C=O) groups is 3. The summed E-state index contributed by atoms with van der Waals surface area (Å²) in [6.07, 6.45) is 13.0. The normalized spacial score (nSPS) is 36.9. The van der Waals surface area contributed by atoms with Gasteiger partial charge in [0.1, 0.15) is 23.9 Å². The van der Waals surface area contributed by atoms with E-state index in [0.717, 1.165) is 37.7 Å². The molecule has 1 aliphatic carbocycles. The second-order valence-electron chi connectivity index (χ2n) is 14.4. The minimum atomic E-state index is -0.790. The Hall–Kier alpha value is -2.57. The lowest BCUT2D eigenvalue weighted by Gasteiger charge is -2.39. The highest BCUT2D eigenvalue weighted by Crippen LogP contribution is 2.43. The van der Waals surface area contributed by atoms with E-state index in [0.29, 0.717) is 25.5 Å². The van der Waals surface area contributed by atoms with E-state index in [1.807, 2.05) is 26.0 Å². The van der Waals surface area contributed by atoms with Crippen molar-refractivity contribution in [2.45, 2.75) is 146 Å². The number of hydrogen-bond acceptors (Lipinski definition) is 9. The summed E-state index contributed by atoms with van der Waals surface area (Å²) in [5.74, 6) is -0.418. The van der Waals surface area contributed by atoms with Gasteiger partial charge >= 0.3 is 5.97 Å². The molecular weight excluding hydrogens is 602 g/mol. The maximum atomic E-state index is 12.9. The van der Waals surface area contributed by atoms with Crippen molar-refractivity contribution < 1.29 is 38.4 Å². The number of rotatable bonds is 12. The van der Waals surface area contributed by atoms with Crippen LogP contribution < -0.4 is 10.6 Å². The maximum Gasteiger partial charge on any atom is 0.303 e. The van der Waals surface area contributed by atoms with Crippen LogP contribution in [0.1, 0.15) is 86.0 Å². The molecule has 1 unspecified atom stereocenters. The number of aliphatic hydroxyl groups excluding tert-OH is 1. The number of nitrogens with zero attached hydrogens (tertiary/aromatic N) is 1. The zero-order valence-electron chi connectivity index (χ0n) is 29.3. The Morgan fingerprint density at radius 2 is 1.77 bits per heavy atom. The van der Waals surface area contributed by atoms with Gasteiger partial charge in [0.25, 0.3) is 0 Å². The van der Waals surface area contributed by atoms with Gasteiger partial charge in [0.05, 0.1) is 37.4 Å². The predicted molar refractivity (Wildman–Crippen MR) is 178 cm³/mol. The third-order valence-corrected chi connectivity index (χ3v) is 10.1. The molecule has 3 saturated heterocycles. The van der Waals surface area contributed by atoms with Crippen LogP contribution in [0, 0.1) is 5.92 Å². The topological polar surface area (TPSA) is 139 Å². The van der Waals surface area contributed by atoms with Gasteiger partial charge in [0.15, 0.2) is 0 Å². The van der Waals surface area contributed by atoms with Crippen LogP contribution in [0.25, 0.3) is 0 Å². The van der Waals surface area contributed by atoms with E-state index in [4.69, 9.17) is 18.9 Å². The Bertz CT molecular complexity index is 1170. The molecule has 2 amide bonds. The third kappa shape index (κ3) is 11.0. The fraction of sp³-hybridized carbons (Fsp3) is 0.750. The molecule has 3 heterocycles. The summed E-state index contributed by atoms with van der Waals surface area (Å²) in [7, 11) is 4.22. The Morgan fingerprint density at radius 3 is 2.40 bits per heavy atom. The van der Waals surface area contributed by atoms with Gasteiger partial charge in [0.2, 0.25) is 11.8 Å². The van der Waals surface area contributed by atoms with Crippen molar-refractivity contribution in [2.24, 2.45) is 5.92 Å². The Kier molecular flexibility index (Phi) is 13.2. The zero-order chi connectivity index (χ0) is 34.3. The molecule has 0 aromatic heterocycles. The van der Waals surface area contributed by atoms with Crippen LogP contribution in [-0.2, 0) is 33.3 Å². The molecule has 0 aromatic carbocycles. The number of carbonyl (C=O) groups excluding carboxylic acids is 3. The average molecular weight is 660 g/mol. The van der Waals surface area contributed by atoms with E-state index in [1.165, 1.54) is 13.0 Å². The molecule has 11 nitrogen and oxygen atoms in total. The Morgan fingerprint density at radius 1 is 1.06 bits per heavy atom. The summed E-state index contributed by atoms with van der Waals surface area (Å²) in [4.78, 5) is 38.7. The smallest absolute Gasteiger partial charge is 0.303 e. The van der Waals surface area contributed by atoms with Crippen molar-refractivity contribution >= 4 is 17.8 Å². The molecule has 1 saturated carbocycles. The number of esters is 1. The Labute approximate surface area is 280 Å². The molecule has 4 aliphatic rings. The van der Waals surface area contributed by atoms with Gasteiger partial charge in [-0.1, -0.05) is 30.7 Å². The molecule has 264 valence electrons. The first-order chi connectivity index (χ1) is 22.2.